The molecular weight excluding hydrogens is 324 g/mol. The summed E-state index contributed by atoms with van der Waals surface area (Å²) in [7, 11) is -3.31. The standard InChI is InChI=1S/C18H30N2O3S/c1-24(22,23)20-5-3-2-4-16(20)17(21)19-12-18-9-13-6-14(10-18)8-15(7-13)11-18/h13-16H,2-12H2,1H3,(H,19,21). The molecule has 5 rings (SSSR count). The van der Waals surface area contributed by atoms with Crippen molar-refractivity contribution in [2.24, 2.45) is 23.2 Å². The van der Waals surface area contributed by atoms with E-state index in [-0.39, 0.29) is 5.91 Å². The number of carbonyl (C=O) groups excluding carboxylic acids is 1. The Hall–Kier alpha value is -0.620. The minimum atomic E-state index is -3.31. The van der Waals surface area contributed by atoms with E-state index in [1.54, 1.807) is 0 Å². The van der Waals surface area contributed by atoms with Crippen LogP contribution in [0.3, 0.4) is 0 Å². The number of piperidine rings is 1. The predicted octanol–water partition coefficient (Wildman–Crippen LogP) is 2.13. The van der Waals surface area contributed by atoms with Crippen molar-refractivity contribution < 1.29 is 13.2 Å². The number of carbonyl (C=O) groups is 1. The molecule has 1 saturated heterocycles. The number of nitrogens with one attached hydrogen (secondary N) is 1. The summed E-state index contributed by atoms with van der Waals surface area (Å²) < 4.78 is 25.4. The Morgan fingerprint density at radius 2 is 1.67 bits per heavy atom. The first-order valence-electron chi connectivity index (χ1n) is 9.59. The third-order valence-corrected chi connectivity index (χ3v) is 8.27. The van der Waals surface area contributed by atoms with Crippen molar-refractivity contribution in [1.29, 1.82) is 0 Å². The van der Waals surface area contributed by atoms with Gasteiger partial charge in [-0.15, -0.1) is 0 Å². The van der Waals surface area contributed by atoms with Crippen LogP contribution < -0.4 is 5.32 Å². The highest BCUT2D eigenvalue weighted by Gasteiger charge is 2.51. The van der Waals surface area contributed by atoms with Gasteiger partial charge in [0.1, 0.15) is 6.04 Å². The summed E-state index contributed by atoms with van der Waals surface area (Å²) in [6, 6.07) is -0.498. The summed E-state index contributed by atoms with van der Waals surface area (Å²) in [5.41, 5.74) is 0.301. The van der Waals surface area contributed by atoms with Crippen LogP contribution in [0.5, 0.6) is 0 Å². The molecule has 5 nitrogen and oxygen atoms in total. The van der Waals surface area contributed by atoms with Crippen LogP contribution in [0.2, 0.25) is 0 Å². The molecule has 1 N–H and O–H groups in total. The molecule has 0 aromatic rings. The molecule has 1 amide bonds. The third-order valence-electron chi connectivity index (χ3n) is 6.99. The van der Waals surface area contributed by atoms with Crippen molar-refractivity contribution in [3.63, 3.8) is 0 Å². The van der Waals surface area contributed by atoms with E-state index in [4.69, 9.17) is 0 Å². The number of amides is 1. The highest BCUT2D eigenvalue weighted by atomic mass is 32.2. The lowest BCUT2D eigenvalue weighted by Crippen LogP contribution is -2.55. The Morgan fingerprint density at radius 3 is 2.21 bits per heavy atom. The normalized spacial score (nSPS) is 42.2. The number of hydrogen-bond donors (Lipinski definition) is 1. The first-order valence-corrected chi connectivity index (χ1v) is 11.4. The zero-order chi connectivity index (χ0) is 16.9. The Bertz CT molecular complexity index is 580. The molecule has 4 saturated carbocycles. The highest BCUT2D eigenvalue weighted by Crippen LogP contribution is 2.59. The smallest absolute Gasteiger partial charge is 0.238 e. The summed E-state index contributed by atoms with van der Waals surface area (Å²) in [5, 5.41) is 3.17. The molecule has 5 aliphatic rings. The van der Waals surface area contributed by atoms with Crippen LogP contribution in [0.25, 0.3) is 0 Å². The van der Waals surface area contributed by atoms with Gasteiger partial charge in [0.05, 0.1) is 6.26 Å². The van der Waals surface area contributed by atoms with Crippen LogP contribution in [0.4, 0.5) is 0 Å². The van der Waals surface area contributed by atoms with E-state index in [2.05, 4.69) is 5.32 Å². The van der Waals surface area contributed by atoms with Crippen molar-refractivity contribution in [3.8, 4) is 0 Å². The van der Waals surface area contributed by atoms with Crippen molar-refractivity contribution in [2.45, 2.75) is 63.8 Å². The quantitative estimate of drug-likeness (QED) is 0.841. The van der Waals surface area contributed by atoms with Gasteiger partial charge >= 0.3 is 0 Å². The van der Waals surface area contributed by atoms with Crippen molar-refractivity contribution in [2.75, 3.05) is 19.3 Å². The highest BCUT2D eigenvalue weighted by molar-refractivity contribution is 7.88. The molecule has 6 heteroatoms. The number of rotatable bonds is 4. The second-order valence-electron chi connectivity index (χ2n) is 9.02. The van der Waals surface area contributed by atoms with Gasteiger partial charge in [-0.3, -0.25) is 4.79 Å². The average molecular weight is 355 g/mol. The van der Waals surface area contributed by atoms with E-state index in [1.807, 2.05) is 0 Å². The van der Waals surface area contributed by atoms with Gasteiger partial charge in [-0.05, 0) is 74.5 Å². The number of hydrogen-bond acceptors (Lipinski definition) is 3. The monoisotopic (exact) mass is 354 g/mol. The minimum Gasteiger partial charge on any atom is -0.354 e. The minimum absolute atomic E-state index is 0.0733. The van der Waals surface area contributed by atoms with Gasteiger partial charge in [0.15, 0.2) is 0 Å². The summed E-state index contributed by atoms with van der Waals surface area (Å²) in [6.45, 7) is 1.23. The summed E-state index contributed by atoms with van der Waals surface area (Å²) in [4.78, 5) is 12.7. The maximum absolute atomic E-state index is 12.7. The number of nitrogens with zero attached hydrogens (tertiary/aromatic N) is 1. The van der Waals surface area contributed by atoms with E-state index in [9.17, 15) is 13.2 Å². The molecule has 5 fully saturated rings. The van der Waals surface area contributed by atoms with Crippen LogP contribution >= 0.6 is 0 Å². The molecule has 1 atom stereocenters. The Labute approximate surface area is 145 Å². The molecule has 4 aliphatic carbocycles. The maximum atomic E-state index is 12.7. The molecule has 1 heterocycles. The van der Waals surface area contributed by atoms with E-state index in [0.717, 1.165) is 37.1 Å². The van der Waals surface area contributed by atoms with Crippen LogP contribution in [0.15, 0.2) is 0 Å². The van der Waals surface area contributed by atoms with Crippen molar-refractivity contribution in [3.05, 3.63) is 0 Å². The lowest BCUT2D eigenvalue weighted by atomic mass is 9.49. The fourth-order valence-electron chi connectivity index (χ4n) is 6.46. The maximum Gasteiger partial charge on any atom is 0.238 e. The molecule has 0 aromatic carbocycles. The largest absolute Gasteiger partial charge is 0.354 e. The molecule has 0 spiro atoms. The Balaban J connectivity index is 1.41. The second kappa shape index (κ2) is 5.97. The van der Waals surface area contributed by atoms with Crippen LogP contribution in [0, 0.1) is 23.2 Å². The summed E-state index contributed by atoms with van der Waals surface area (Å²) in [5.74, 6) is 2.54. The van der Waals surface area contributed by atoms with E-state index in [0.29, 0.717) is 18.4 Å². The van der Waals surface area contributed by atoms with E-state index < -0.39 is 16.1 Å². The predicted molar refractivity (Wildman–Crippen MR) is 92.8 cm³/mol. The Kier molecular flexibility index (Phi) is 4.19. The van der Waals surface area contributed by atoms with Gasteiger partial charge in [-0.25, -0.2) is 8.42 Å². The van der Waals surface area contributed by atoms with E-state index in [1.165, 1.54) is 49.1 Å². The molecular formula is C18H30N2O3S. The molecule has 0 radical (unpaired) electrons. The summed E-state index contributed by atoms with van der Waals surface area (Å²) in [6.07, 6.45) is 11.6. The lowest BCUT2D eigenvalue weighted by Gasteiger charge is -2.57. The molecule has 1 unspecified atom stereocenters. The fraction of sp³-hybridized carbons (Fsp3) is 0.944. The average Bonchev–Trinajstić information content (AvgIpc) is 2.50. The molecule has 136 valence electrons. The SMILES string of the molecule is CS(=O)(=O)N1CCCCC1C(=O)NCC12CC3CC(CC(C3)C1)C2. The van der Waals surface area contributed by atoms with Gasteiger partial charge in [0.25, 0.3) is 0 Å². The fourth-order valence-corrected chi connectivity index (χ4v) is 7.59. The topological polar surface area (TPSA) is 66.5 Å². The second-order valence-corrected chi connectivity index (χ2v) is 11.0. The van der Waals surface area contributed by atoms with E-state index >= 15 is 0 Å². The Morgan fingerprint density at radius 1 is 1.08 bits per heavy atom. The zero-order valence-corrected chi connectivity index (χ0v) is 15.5. The van der Waals surface area contributed by atoms with Gasteiger partial charge in [-0.1, -0.05) is 6.42 Å². The van der Waals surface area contributed by atoms with Crippen LogP contribution in [-0.4, -0.2) is 44.0 Å². The molecule has 1 aliphatic heterocycles. The van der Waals surface area contributed by atoms with Gasteiger partial charge in [0.2, 0.25) is 15.9 Å². The van der Waals surface area contributed by atoms with Gasteiger partial charge < -0.3 is 5.32 Å². The lowest BCUT2D eigenvalue weighted by molar-refractivity contribution is -0.127. The van der Waals surface area contributed by atoms with Crippen LogP contribution in [-0.2, 0) is 14.8 Å². The molecule has 4 bridgehead atoms. The molecule has 0 aromatic heterocycles. The van der Waals surface area contributed by atoms with Gasteiger partial charge in [0, 0.05) is 13.1 Å². The van der Waals surface area contributed by atoms with Crippen LogP contribution in [0.1, 0.15) is 57.8 Å². The third kappa shape index (κ3) is 3.12. The van der Waals surface area contributed by atoms with Crippen molar-refractivity contribution >= 4 is 15.9 Å². The van der Waals surface area contributed by atoms with Gasteiger partial charge in [-0.2, -0.15) is 4.31 Å². The summed E-state index contributed by atoms with van der Waals surface area (Å²) >= 11 is 0. The first kappa shape index (κ1) is 16.8. The number of sulfonamides is 1. The molecule has 24 heavy (non-hydrogen) atoms. The zero-order valence-electron chi connectivity index (χ0n) is 14.7. The first-order chi connectivity index (χ1) is 11.3. The van der Waals surface area contributed by atoms with Crippen molar-refractivity contribution in [1.82, 2.24) is 9.62 Å².